The standard InChI is InChI=1S/C24H24F2N2O4/c1-2-3-13-31-22-14-20(10-11-21(22)32-24(25)26)28(16-17-5-4-12-27-15-17)19-8-6-18(7-9-19)23(29)30/h4-12,14-15,24H,2-3,13,16H2,1H3,(H,29,30). The number of aromatic carboxylic acids is 1. The fourth-order valence-corrected chi connectivity index (χ4v) is 3.09. The summed E-state index contributed by atoms with van der Waals surface area (Å²) >= 11 is 0. The number of hydrogen-bond acceptors (Lipinski definition) is 5. The van der Waals surface area contributed by atoms with Gasteiger partial charge in [0.1, 0.15) is 0 Å². The number of aromatic nitrogens is 1. The normalized spacial score (nSPS) is 10.8. The van der Waals surface area contributed by atoms with E-state index < -0.39 is 12.6 Å². The van der Waals surface area contributed by atoms with Gasteiger partial charge in [-0.2, -0.15) is 8.78 Å². The summed E-state index contributed by atoms with van der Waals surface area (Å²) in [4.78, 5) is 17.3. The molecule has 1 N–H and O–H groups in total. The largest absolute Gasteiger partial charge is 0.490 e. The average molecular weight is 442 g/mol. The molecule has 0 aliphatic heterocycles. The zero-order chi connectivity index (χ0) is 22.9. The van der Waals surface area contributed by atoms with Crippen molar-refractivity contribution in [1.29, 1.82) is 0 Å². The van der Waals surface area contributed by atoms with Crippen molar-refractivity contribution in [1.82, 2.24) is 4.98 Å². The van der Waals surface area contributed by atoms with Crippen molar-refractivity contribution in [3.05, 3.63) is 78.1 Å². The topological polar surface area (TPSA) is 71.9 Å². The first-order valence-electron chi connectivity index (χ1n) is 10.2. The van der Waals surface area contributed by atoms with Gasteiger partial charge in [0.15, 0.2) is 11.5 Å². The molecule has 32 heavy (non-hydrogen) atoms. The first-order chi connectivity index (χ1) is 15.5. The number of ether oxygens (including phenoxy) is 2. The van der Waals surface area contributed by atoms with Crippen LogP contribution in [0.3, 0.4) is 0 Å². The Bertz CT molecular complexity index is 1010. The summed E-state index contributed by atoms with van der Waals surface area (Å²) in [6.07, 6.45) is 5.07. The third-order valence-corrected chi connectivity index (χ3v) is 4.70. The van der Waals surface area contributed by atoms with Crippen LogP contribution in [0.25, 0.3) is 0 Å². The summed E-state index contributed by atoms with van der Waals surface area (Å²) in [7, 11) is 0. The number of carboxylic acid groups (broad SMARTS) is 1. The SMILES string of the molecule is CCCCOc1cc(N(Cc2cccnc2)c2ccc(C(=O)O)cc2)ccc1OC(F)F. The van der Waals surface area contributed by atoms with Crippen molar-refractivity contribution in [3.8, 4) is 11.5 Å². The molecule has 0 fully saturated rings. The number of rotatable bonds is 11. The van der Waals surface area contributed by atoms with Crippen molar-refractivity contribution >= 4 is 17.3 Å². The fraction of sp³-hybridized carbons (Fsp3) is 0.250. The molecule has 0 unspecified atom stereocenters. The molecule has 0 bridgehead atoms. The summed E-state index contributed by atoms with van der Waals surface area (Å²) in [5.74, 6) is -0.840. The van der Waals surface area contributed by atoms with Gasteiger partial charge in [-0.15, -0.1) is 0 Å². The maximum atomic E-state index is 12.9. The first-order valence-corrected chi connectivity index (χ1v) is 10.2. The maximum absolute atomic E-state index is 12.9. The Morgan fingerprint density at radius 2 is 1.84 bits per heavy atom. The first kappa shape index (κ1) is 23.0. The highest BCUT2D eigenvalue weighted by molar-refractivity contribution is 5.88. The van der Waals surface area contributed by atoms with Gasteiger partial charge in [-0.25, -0.2) is 4.79 Å². The lowest BCUT2D eigenvalue weighted by Gasteiger charge is -2.26. The number of nitrogens with zero attached hydrogens (tertiary/aromatic N) is 2. The van der Waals surface area contributed by atoms with Gasteiger partial charge in [0.2, 0.25) is 0 Å². The lowest BCUT2D eigenvalue weighted by molar-refractivity contribution is -0.0515. The molecule has 0 saturated carbocycles. The van der Waals surface area contributed by atoms with Gasteiger partial charge in [-0.05, 0) is 54.4 Å². The number of anilines is 2. The van der Waals surface area contributed by atoms with Crippen molar-refractivity contribution in [2.45, 2.75) is 32.9 Å². The van der Waals surface area contributed by atoms with E-state index in [1.165, 1.54) is 18.2 Å². The minimum atomic E-state index is -2.97. The molecule has 1 heterocycles. The smallest absolute Gasteiger partial charge is 0.387 e. The highest BCUT2D eigenvalue weighted by atomic mass is 19.3. The number of benzene rings is 2. The summed E-state index contributed by atoms with van der Waals surface area (Å²) in [6, 6.07) is 14.9. The molecule has 2 aromatic carbocycles. The molecule has 0 radical (unpaired) electrons. The van der Waals surface area contributed by atoms with E-state index in [1.54, 1.807) is 36.7 Å². The summed E-state index contributed by atoms with van der Waals surface area (Å²) in [5, 5.41) is 9.19. The number of carbonyl (C=O) groups is 1. The average Bonchev–Trinajstić information content (AvgIpc) is 2.79. The van der Waals surface area contributed by atoms with Gasteiger partial charge in [-0.1, -0.05) is 19.4 Å². The Hall–Kier alpha value is -3.68. The quantitative estimate of drug-likeness (QED) is 0.373. The Labute approximate surface area is 185 Å². The van der Waals surface area contributed by atoms with Crippen LogP contribution in [-0.2, 0) is 6.54 Å². The van der Waals surface area contributed by atoms with Crippen LogP contribution < -0.4 is 14.4 Å². The highest BCUT2D eigenvalue weighted by Gasteiger charge is 2.17. The Morgan fingerprint density at radius 1 is 1.09 bits per heavy atom. The lowest BCUT2D eigenvalue weighted by Crippen LogP contribution is -2.17. The predicted octanol–water partition coefficient (Wildman–Crippen LogP) is 5.90. The van der Waals surface area contributed by atoms with E-state index >= 15 is 0 Å². The molecular weight excluding hydrogens is 418 g/mol. The van der Waals surface area contributed by atoms with Gasteiger partial charge in [-0.3, -0.25) is 4.98 Å². The van der Waals surface area contributed by atoms with Crippen LogP contribution in [0.15, 0.2) is 67.0 Å². The van der Waals surface area contributed by atoms with Gasteiger partial charge >= 0.3 is 12.6 Å². The summed E-state index contributed by atoms with van der Waals surface area (Å²) < 4.78 is 36.1. The number of hydrogen-bond donors (Lipinski definition) is 1. The predicted molar refractivity (Wildman–Crippen MR) is 117 cm³/mol. The number of halogens is 2. The molecular formula is C24H24F2N2O4. The minimum absolute atomic E-state index is 0.0394. The van der Waals surface area contributed by atoms with Crippen LogP contribution in [0.4, 0.5) is 20.2 Å². The van der Waals surface area contributed by atoms with Crippen LogP contribution in [0.5, 0.6) is 11.5 Å². The highest BCUT2D eigenvalue weighted by Crippen LogP contribution is 2.36. The minimum Gasteiger partial charge on any atom is -0.490 e. The Morgan fingerprint density at radius 3 is 2.47 bits per heavy atom. The van der Waals surface area contributed by atoms with E-state index in [0.29, 0.717) is 18.8 Å². The van der Waals surface area contributed by atoms with Crippen LogP contribution in [0.2, 0.25) is 0 Å². The van der Waals surface area contributed by atoms with Gasteiger partial charge in [0, 0.05) is 36.4 Å². The fourth-order valence-electron chi connectivity index (χ4n) is 3.09. The summed E-state index contributed by atoms with van der Waals surface area (Å²) in [6.45, 7) is -0.171. The molecule has 0 aliphatic rings. The van der Waals surface area contributed by atoms with Gasteiger partial charge in [0.25, 0.3) is 0 Å². The third-order valence-electron chi connectivity index (χ3n) is 4.70. The van der Waals surface area contributed by atoms with Crippen molar-refractivity contribution in [2.75, 3.05) is 11.5 Å². The maximum Gasteiger partial charge on any atom is 0.387 e. The van der Waals surface area contributed by atoms with Crippen LogP contribution in [-0.4, -0.2) is 29.3 Å². The molecule has 0 aliphatic carbocycles. The van der Waals surface area contributed by atoms with Crippen LogP contribution in [0, 0.1) is 0 Å². The third kappa shape index (κ3) is 6.16. The van der Waals surface area contributed by atoms with Crippen molar-refractivity contribution < 1.29 is 28.2 Å². The molecule has 3 aromatic rings. The van der Waals surface area contributed by atoms with Crippen LogP contribution in [0.1, 0.15) is 35.7 Å². The molecule has 0 amide bonds. The zero-order valence-electron chi connectivity index (χ0n) is 17.6. The molecule has 0 atom stereocenters. The molecule has 1 aromatic heterocycles. The van der Waals surface area contributed by atoms with E-state index in [9.17, 15) is 18.7 Å². The van der Waals surface area contributed by atoms with E-state index in [2.05, 4.69) is 9.72 Å². The molecule has 8 heteroatoms. The number of carboxylic acids is 1. The van der Waals surface area contributed by atoms with Crippen molar-refractivity contribution in [2.24, 2.45) is 0 Å². The number of pyridine rings is 1. The van der Waals surface area contributed by atoms with Crippen LogP contribution >= 0.6 is 0 Å². The molecule has 0 saturated heterocycles. The van der Waals surface area contributed by atoms with Crippen molar-refractivity contribution in [3.63, 3.8) is 0 Å². The van der Waals surface area contributed by atoms with Gasteiger partial charge < -0.3 is 19.5 Å². The molecule has 0 spiro atoms. The lowest BCUT2D eigenvalue weighted by atomic mass is 10.1. The molecule has 3 rings (SSSR count). The van der Waals surface area contributed by atoms with E-state index in [4.69, 9.17) is 4.74 Å². The summed E-state index contributed by atoms with van der Waals surface area (Å²) in [5.41, 5.74) is 2.47. The molecule has 168 valence electrons. The van der Waals surface area contributed by atoms with E-state index in [-0.39, 0.29) is 17.1 Å². The Kier molecular flexibility index (Phi) is 7.96. The number of unbranched alkanes of at least 4 members (excludes halogenated alkanes) is 1. The second kappa shape index (κ2) is 11.1. The number of alkyl halides is 2. The monoisotopic (exact) mass is 442 g/mol. The zero-order valence-corrected chi connectivity index (χ0v) is 17.6. The van der Waals surface area contributed by atoms with E-state index in [1.807, 2.05) is 24.0 Å². The Balaban J connectivity index is 2.00. The second-order valence-electron chi connectivity index (χ2n) is 7.01. The second-order valence-corrected chi connectivity index (χ2v) is 7.01. The molecule has 6 nitrogen and oxygen atoms in total. The van der Waals surface area contributed by atoms with E-state index in [0.717, 1.165) is 24.1 Å². The van der Waals surface area contributed by atoms with Gasteiger partial charge in [0.05, 0.1) is 12.2 Å².